The van der Waals surface area contributed by atoms with E-state index >= 15 is 0 Å². The Bertz CT molecular complexity index is 651. The molecule has 4 saturated carbocycles. The van der Waals surface area contributed by atoms with Crippen molar-refractivity contribution in [2.24, 2.45) is 17.8 Å². The van der Waals surface area contributed by atoms with E-state index in [1.165, 1.54) is 38.5 Å². The van der Waals surface area contributed by atoms with Gasteiger partial charge >= 0.3 is 6.03 Å². The molecule has 4 bridgehead atoms. The van der Waals surface area contributed by atoms with E-state index in [0.29, 0.717) is 6.54 Å². The number of nitrogens with one attached hydrogen (secondary N) is 1. The van der Waals surface area contributed by atoms with Crippen molar-refractivity contribution in [2.75, 3.05) is 11.4 Å². The molecule has 0 radical (unpaired) electrons. The number of carbonyl (C=O) groups excluding carboxylic acids is 1. The highest BCUT2D eigenvalue weighted by atomic mass is 16.5. The van der Waals surface area contributed by atoms with Crippen molar-refractivity contribution in [3.63, 3.8) is 0 Å². The van der Waals surface area contributed by atoms with E-state index in [1.807, 2.05) is 29.2 Å². The number of fused-ring (bicyclic) bond motifs is 1. The molecule has 1 aromatic carbocycles. The van der Waals surface area contributed by atoms with E-state index in [4.69, 9.17) is 4.74 Å². The van der Waals surface area contributed by atoms with Crippen molar-refractivity contribution in [1.82, 2.24) is 5.32 Å². The van der Waals surface area contributed by atoms with Crippen LogP contribution in [-0.2, 0) is 0 Å². The molecule has 1 heterocycles. The van der Waals surface area contributed by atoms with Crippen molar-refractivity contribution in [1.29, 1.82) is 0 Å². The van der Waals surface area contributed by atoms with Crippen LogP contribution < -0.4 is 15.0 Å². The van der Waals surface area contributed by atoms with Crippen LogP contribution in [0.15, 0.2) is 24.3 Å². The summed E-state index contributed by atoms with van der Waals surface area (Å²) in [5.41, 5.74) is 0.968. The molecule has 5 aliphatic rings. The summed E-state index contributed by atoms with van der Waals surface area (Å²) in [5, 5.41) is 3.51. The summed E-state index contributed by atoms with van der Waals surface area (Å²) in [5.74, 6) is 3.35. The second-order valence-electron chi connectivity index (χ2n) is 8.85. The van der Waals surface area contributed by atoms with E-state index in [1.54, 1.807) is 0 Å². The number of nitrogens with zero attached hydrogens (tertiary/aromatic N) is 1. The number of anilines is 1. The quantitative estimate of drug-likeness (QED) is 0.870. The van der Waals surface area contributed by atoms with Gasteiger partial charge in [0, 0.05) is 5.54 Å². The summed E-state index contributed by atoms with van der Waals surface area (Å²) in [4.78, 5) is 15.2. The predicted molar refractivity (Wildman–Crippen MR) is 97.9 cm³/mol. The number of carbonyl (C=O) groups is 1. The number of amides is 2. The van der Waals surface area contributed by atoms with Gasteiger partial charge in [0.05, 0.1) is 12.2 Å². The lowest BCUT2D eigenvalue weighted by molar-refractivity contribution is -0.0132. The second-order valence-corrected chi connectivity index (χ2v) is 8.85. The Labute approximate surface area is 149 Å². The average Bonchev–Trinajstić information content (AvgIpc) is 2.59. The lowest BCUT2D eigenvalue weighted by Crippen LogP contribution is -2.62. The Morgan fingerprint density at radius 2 is 1.80 bits per heavy atom. The second kappa shape index (κ2) is 5.65. The number of hydrogen-bond donors (Lipinski definition) is 1. The molecule has 4 heteroatoms. The molecule has 1 N–H and O–H groups in total. The van der Waals surface area contributed by atoms with E-state index in [0.717, 1.165) is 35.6 Å². The Balaban J connectivity index is 1.39. The van der Waals surface area contributed by atoms with Gasteiger partial charge in [0.15, 0.2) is 0 Å². The highest BCUT2D eigenvalue weighted by Gasteiger charge is 2.52. The smallest absolute Gasteiger partial charge is 0.322 e. The van der Waals surface area contributed by atoms with E-state index < -0.39 is 0 Å². The molecule has 1 atom stereocenters. The maximum absolute atomic E-state index is 13.3. The number of ether oxygens (including phenoxy) is 1. The molecule has 6 rings (SSSR count). The van der Waals surface area contributed by atoms with Gasteiger partial charge in [-0.3, -0.25) is 4.90 Å². The van der Waals surface area contributed by atoms with Crippen molar-refractivity contribution in [3.05, 3.63) is 24.3 Å². The summed E-state index contributed by atoms with van der Waals surface area (Å²) in [7, 11) is 0. The van der Waals surface area contributed by atoms with E-state index in [-0.39, 0.29) is 17.7 Å². The number of para-hydroxylation sites is 2. The summed E-state index contributed by atoms with van der Waals surface area (Å²) in [6.07, 6.45) is 8.75. The summed E-state index contributed by atoms with van der Waals surface area (Å²) < 4.78 is 6.03. The molecular formula is C21H28N2O2. The van der Waals surface area contributed by atoms with Crippen LogP contribution in [0.1, 0.15) is 51.9 Å². The highest BCUT2D eigenvalue weighted by Crippen LogP contribution is 2.55. The van der Waals surface area contributed by atoms with E-state index in [2.05, 4.69) is 12.2 Å². The molecule has 0 saturated heterocycles. The maximum Gasteiger partial charge on any atom is 0.322 e. The number of hydrogen-bond acceptors (Lipinski definition) is 2. The Morgan fingerprint density at radius 1 is 1.16 bits per heavy atom. The minimum atomic E-state index is 0.0563. The molecule has 4 aliphatic carbocycles. The molecule has 1 aliphatic heterocycles. The minimum Gasteiger partial charge on any atom is -0.486 e. The fourth-order valence-corrected chi connectivity index (χ4v) is 6.26. The maximum atomic E-state index is 13.3. The summed E-state index contributed by atoms with van der Waals surface area (Å²) >= 11 is 0. The largest absolute Gasteiger partial charge is 0.486 e. The number of rotatable bonds is 2. The van der Waals surface area contributed by atoms with Crippen molar-refractivity contribution in [3.8, 4) is 5.75 Å². The molecule has 4 fully saturated rings. The molecule has 2 amide bonds. The predicted octanol–water partition coefficient (Wildman–Crippen LogP) is 4.34. The van der Waals surface area contributed by atoms with Gasteiger partial charge < -0.3 is 10.1 Å². The fourth-order valence-electron chi connectivity index (χ4n) is 6.26. The van der Waals surface area contributed by atoms with Gasteiger partial charge in [-0.25, -0.2) is 4.79 Å². The number of benzene rings is 1. The van der Waals surface area contributed by atoms with E-state index in [9.17, 15) is 4.79 Å². The first kappa shape index (κ1) is 15.5. The van der Waals surface area contributed by atoms with Crippen LogP contribution in [0.2, 0.25) is 0 Å². The van der Waals surface area contributed by atoms with Gasteiger partial charge in [0.1, 0.15) is 11.9 Å². The molecule has 4 nitrogen and oxygen atoms in total. The van der Waals surface area contributed by atoms with Crippen LogP contribution in [0, 0.1) is 17.8 Å². The average molecular weight is 340 g/mol. The van der Waals surface area contributed by atoms with Gasteiger partial charge in [-0.2, -0.15) is 0 Å². The molecule has 1 aromatic rings. The monoisotopic (exact) mass is 340 g/mol. The van der Waals surface area contributed by atoms with Crippen molar-refractivity contribution in [2.45, 2.75) is 63.5 Å². The lowest BCUT2D eigenvalue weighted by atomic mass is 9.53. The first-order chi connectivity index (χ1) is 12.1. The van der Waals surface area contributed by atoms with Crippen LogP contribution in [-0.4, -0.2) is 24.2 Å². The lowest BCUT2D eigenvalue weighted by Gasteiger charge is -2.57. The third-order valence-electron chi connectivity index (χ3n) is 6.95. The normalized spacial score (nSPS) is 38.2. The zero-order chi connectivity index (χ0) is 17.0. The van der Waals surface area contributed by atoms with Crippen LogP contribution in [0.25, 0.3) is 0 Å². The van der Waals surface area contributed by atoms with Crippen LogP contribution in [0.5, 0.6) is 5.75 Å². The van der Waals surface area contributed by atoms with Crippen LogP contribution in [0.3, 0.4) is 0 Å². The zero-order valence-electron chi connectivity index (χ0n) is 15.0. The minimum absolute atomic E-state index is 0.0563. The standard InChI is InChI=1S/C21H28N2O2/c1-2-17-13-23(18-5-3-4-6-19(18)25-17)20(24)22-21-10-14-7-15(11-21)9-16(8-14)12-21/h3-6,14-17H,2,7-13H2,1H3,(H,22,24). The molecule has 25 heavy (non-hydrogen) atoms. The topological polar surface area (TPSA) is 41.6 Å². The molecular weight excluding hydrogens is 312 g/mol. The fraction of sp³-hybridized carbons (Fsp3) is 0.667. The molecule has 134 valence electrons. The Morgan fingerprint density at radius 3 is 2.44 bits per heavy atom. The van der Waals surface area contributed by atoms with Crippen LogP contribution >= 0.6 is 0 Å². The summed E-state index contributed by atoms with van der Waals surface area (Å²) in [6, 6.07) is 8.02. The third kappa shape index (κ3) is 2.61. The van der Waals surface area contributed by atoms with Gasteiger partial charge in [-0.1, -0.05) is 19.1 Å². The molecule has 1 unspecified atom stereocenters. The SMILES string of the molecule is CCC1CN(C(=O)NC23CC4CC(CC(C4)C2)C3)c2ccccc2O1. The third-order valence-corrected chi connectivity index (χ3v) is 6.95. The number of urea groups is 1. The molecule has 0 aromatic heterocycles. The Hall–Kier alpha value is -1.71. The van der Waals surface area contributed by atoms with Gasteiger partial charge in [-0.15, -0.1) is 0 Å². The van der Waals surface area contributed by atoms with Crippen molar-refractivity contribution < 1.29 is 9.53 Å². The van der Waals surface area contributed by atoms with Gasteiger partial charge in [-0.05, 0) is 74.8 Å². The van der Waals surface area contributed by atoms with Gasteiger partial charge in [0.2, 0.25) is 0 Å². The molecule has 0 spiro atoms. The van der Waals surface area contributed by atoms with Gasteiger partial charge in [0.25, 0.3) is 0 Å². The Kier molecular flexibility index (Phi) is 3.51. The van der Waals surface area contributed by atoms with Crippen LogP contribution in [0.4, 0.5) is 10.5 Å². The van der Waals surface area contributed by atoms with Crippen molar-refractivity contribution >= 4 is 11.7 Å². The highest BCUT2D eigenvalue weighted by molar-refractivity contribution is 5.94. The first-order valence-electron chi connectivity index (χ1n) is 9.99. The summed E-state index contributed by atoms with van der Waals surface area (Å²) in [6.45, 7) is 2.76. The zero-order valence-corrected chi connectivity index (χ0v) is 15.0. The first-order valence-corrected chi connectivity index (χ1v) is 9.99.